The van der Waals surface area contributed by atoms with Crippen molar-refractivity contribution >= 4 is 5.91 Å². The molecule has 2 rings (SSSR count). The number of likely N-dealkylation sites (N-methyl/N-ethyl adjacent to an activating group) is 1. The van der Waals surface area contributed by atoms with Crippen LogP contribution in [-0.4, -0.2) is 55.0 Å². The van der Waals surface area contributed by atoms with Crippen LogP contribution in [0.3, 0.4) is 0 Å². The van der Waals surface area contributed by atoms with Crippen LogP contribution < -0.4 is 4.74 Å². The zero-order chi connectivity index (χ0) is 14.5. The van der Waals surface area contributed by atoms with Gasteiger partial charge in [0.05, 0.1) is 11.6 Å². The van der Waals surface area contributed by atoms with E-state index in [2.05, 4.69) is 18.0 Å². The molecule has 1 aliphatic rings. The van der Waals surface area contributed by atoms with Crippen LogP contribution >= 0.6 is 0 Å². The van der Waals surface area contributed by atoms with Crippen LogP contribution in [0.5, 0.6) is 5.75 Å². The van der Waals surface area contributed by atoms with Gasteiger partial charge < -0.3 is 14.5 Å². The third-order valence-corrected chi connectivity index (χ3v) is 3.44. The van der Waals surface area contributed by atoms with Crippen molar-refractivity contribution in [3.8, 4) is 11.8 Å². The minimum Gasteiger partial charge on any atom is -0.481 e. The summed E-state index contributed by atoms with van der Waals surface area (Å²) in [5.41, 5.74) is 0.529. The van der Waals surface area contributed by atoms with E-state index in [4.69, 9.17) is 10.00 Å². The summed E-state index contributed by atoms with van der Waals surface area (Å²) in [5, 5.41) is 8.85. The molecule has 0 spiro atoms. The third kappa shape index (κ3) is 3.49. The number of nitrogens with zero attached hydrogens (tertiary/aromatic N) is 3. The van der Waals surface area contributed by atoms with Gasteiger partial charge in [0.25, 0.3) is 5.91 Å². The van der Waals surface area contributed by atoms with E-state index in [-0.39, 0.29) is 5.91 Å². The predicted octanol–water partition coefficient (Wildman–Crippen LogP) is 1.10. The van der Waals surface area contributed by atoms with Gasteiger partial charge in [0.15, 0.2) is 6.10 Å². The summed E-state index contributed by atoms with van der Waals surface area (Å²) in [6.45, 7) is 5.01. The minimum absolute atomic E-state index is 0.000427. The molecule has 20 heavy (non-hydrogen) atoms. The molecule has 0 bridgehead atoms. The average molecular weight is 273 g/mol. The molecule has 0 aromatic heterocycles. The Labute approximate surface area is 119 Å². The van der Waals surface area contributed by atoms with Gasteiger partial charge in [0.2, 0.25) is 0 Å². The number of piperazine rings is 1. The van der Waals surface area contributed by atoms with E-state index in [1.807, 2.05) is 4.90 Å². The first-order chi connectivity index (χ1) is 9.60. The lowest BCUT2D eigenvalue weighted by Gasteiger charge is -2.33. The van der Waals surface area contributed by atoms with Gasteiger partial charge >= 0.3 is 0 Å². The van der Waals surface area contributed by atoms with E-state index in [0.29, 0.717) is 11.3 Å². The molecule has 106 valence electrons. The molecule has 1 fully saturated rings. The number of carbonyl (C=O) groups is 1. The van der Waals surface area contributed by atoms with E-state index in [1.54, 1.807) is 31.2 Å². The molecule has 1 aromatic rings. The fourth-order valence-electron chi connectivity index (χ4n) is 2.18. The van der Waals surface area contributed by atoms with Crippen molar-refractivity contribution in [2.24, 2.45) is 0 Å². The van der Waals surface area contributed by atoms with E-state index >= 15 is 0 Å². The van der Waals surface area contributed by atoms with Crippen molar-refractivity contribution in [2.45, 2.75) is 13.0 Å². The van der Waals surface area contributed by atoms with Crippen molar-refractivity contribution in [1.82, 2.24) is 9.80 Å². The number of amides is 1. The van der Waals surface area contributed by atoms with Crippen LogP contribution in [0.15, 0.2) is 24.3 Å². The second-order valence-electron chi connectivity index (χ2n) is 5.03. The van der Waals surface area contributed by atoms with Crippen LogP contribution in [0, 0.1) is 11.3 Å². The average Bonchev–Trinajstić information content (AvgIpc) is 2.47. The van der Waals surface area contributed by atoms with E-state index in [9.17, 15) is 4.79 Å². The van der Waals surface area contributed by atoms with E-state index in [0.717, 1.165) is 26.2 Å². The Hall–Kier alpha value is -2.06. The normalized spacial score (nSPS) is 17.4. The highest BCUT2D eigenvalue weighted by Crippen LogP contribution is 2.15. The first-order valence-electron chi connectivity index (χ1n) is 6.74. The molecular formula is C15H19N3O2. The molecule has 1 atom stereocenters. The Morgan fingerprint density at radius 3 is 2.70 bits per heavy atom. The second-order valence-corrected chi connectivity index (χ2v) is 5.03. The summed E-state index contributed by atoms with van der Waals surface area (Å²) in [7, 11) is 2.05. The topological polar surface area (TPSA) is 56.6 Å². The van der Waals surface area contributed by atoms with Gasteiger partial charge in [-0.1, -0.05) is 6.07 Å². The smallest absolute Gasteiger partial charge is 0.263 e. The van der Waals surface area contributed by atoms with Crippen molar-refractivity contribution in [3.05, 3.63) is 29.8 Å². The predicted molar refractivity (Wildman–Crippen MR) is 75.3 cm³/mol. The second kappa shape index (κ2) is 6.40. The molecule has 0 saturated carbocycles. The van der Waals surface area contributed by atoms with Gasteiger partial charge in [-0.2, -0.15) is 5.26 Å². The number of rotatable bonds is 3. The standard InChI is InChI=1S/C15H19N3O2/c1-12(15(19)18-8-6-17(2)7-9-18)20-14-5-3-4-13(10-14)11-16/h3-5,10,12H,6-9H2,1-2H3/t12-/m0/s1. The molecule has 5 nitrogen and oxygen atoms in total. The van der Waals surface area contributed by atoms with Crippen LogP contribution in [-0.2, 0) is 4.79 Å². The molecule has 0 unspecified atom stereocenters. The van der Waals surface area contributed by atoms with Crippen molar-refractivity contribution in [3.63, 3.8) is 0 Å². The maximum atomic E-state index is 12.3. The molecule has 1 saturated heterocycles. The van der Waals surface area contributed by atoms with Gasteiger partial charge in [0, 0.05) is 26.2 Å². The Bertz CT molecular complexity index is 516. The number of hydrogen-bond donors (Lipinski definition) is 0. The lowest BCUT2D eigenvalue weighted by Crippen LogP contribution is -2.50. The zero-order valence-electron chi connectivity index (χ0n) is 11.9. The summed E-state index contributed by atoms with van der Waals surface area (Å²) in [6.07, 6.45) is -0.535. The number of ether oxygens (including phenoxy) is 1. The zero-order valence-corrected chi connectivity index (χ0v) is 11.9. The lowest BCUT2D eigenvalue weighted by molar-refractivity contribution is -0.139. The van der Waals surface area contributed by atoms with E-state index in [1.165, 1.54) is 0 Å². The van der Waals surface area contributed by atoms with Gasteiger partial charge in [-0.3, -0.25) is 4.79 Å². The number of nitriles is 1. The Kier molecular flexibility index (Phi) is 4.59. The molecule has 1 amide bonds. The number of hydrogen-bond acceptors (Lipinski definition) is 4. The molecule has 5 heteroatoms. The van der Waals surface area contributed by atoms with Crippen LogP contribution in [0.1, 0.15) is 12.5 Å². The summed E-state index contributed by atoms with van der Waals surface area (Å²) < 4.78 is 5.64. The Morgan fingerprint density at radius 1 is 1.35 bits per heavy atom. The third-order valence-electron chi connectivity index (χ3n) is 3.44. The maximum Gasteiger partial charge on any atom is 0.263 e. The fourth-order valence-corrected chi connectivity index (χ4v) is 2.18. The van der Waals surface area contributed by atoms with Crippen molar-refractivity contribution < 1.29 is 9.53 Å². The van der Waals surface area contributed by atoms with Gasteiger partial charge in [-0.25, -0.2) is 0 Å². The monoisotopic (exact) mass is 273 g/mol. The fraction of sp³-hybridized carbons (Fsp3) is 0.467. The minimum atomic E-state index is -0.535. The number of carbonyl (C=O) groups excluding carboxylic acids is 1. The summed E-state index contributed by atoms with van der Waals surface area (Å²) in [4.78, 5) is 16.3. The Morgan fingerprint density at radius 2 is 2.05 bits per heavy atom. The van der Waals surface area contributed by atoms with Gasteiger partial charge in [0.1, 0.15) is 5.75 Å². The molecular weight excluding hydrogens is 254 g/mol. The highest BCUT2D eigenvalue weighted by molar-refractivity contribution is 5.81. The van der Waals surface area contributed by atoms with Crippen LogP contribution in [0.2, 0.25) is 0 Å². The number of benzene rings is 1. The summed E-state index contributed by atoms with van der Waals surface area (Å²) in [5.74, 6) is 0.555. The maximum absolute atomic E-state index is 12.3. The van der Waals surface area contributed by atoms with E-state index < -0.39 is 6.10 Å². The first kappa shape index (κ1) is 14.4. The SMILES string of the molecule is C[C@H](Oc1cccc(C#N)c1)C(=O)N1CCN(C)CC1. The molecule has 0 radical (unpaired) electrons. The molecule has 1 heterocycles. The Balaban J connectivity index is 1.95. The molecule has 0 N–H and O–H groups in total. The largest absolute Gasteiger partial charge is 0.481 e. The lowest BCUT2D eigenvalue weighted by atomic mass is 10.2. The molecule has 0 aliphatic carbocycles. The first-order valence-corrected chi connectivity index (χ1v) is 6.74. The van der Waals surface area contributed by atoms with Crippen molar-refractivity contribution in [2.75, 3.05) is 33.2 Å². The molecule has 1 aromatic carbocycles. The van der Waals surface area contributed by atoms with Gasteiger partial charge in [-0.05, 0) is 32.2 Å². The summed E-state index contributed by atoms with van der Waals surface area (Å²) >= 11 is 0. The van der Waals surface area contributed by atoms with Crippen molar-refractivity contribution in [1.29, 1.82) is 5.26 Å². The molecule has 1 aliphatic heterocycles. The quantitative estimate of drug-likeness (QED) is 0.827. The highest BCUT2D eigenvalue weighted by atomic mass is 16.5. The van der Waals surface area contributed by atoms with Crippen LogP contribution in [0.4, 0.5) is 0 Å². The highest BCUT2D eigenvalue weighted by Gasteiger charge is 2.24. The van der Waals surface area contributed by atoms with Gasteiger partial charge in [-0.15, -0.1) is 0 Å². The summed E-state index contributed by atoms with van der Waals surface area (Å²) in [6, 6.07) is 8.92. The van der Waals surface area contributed by atoms with Crippen LogP contribution in [0.25, 0.3) is 0 Å².